The molecular weight excluding hydrogens is 410 g/mol. The van der Waals surface area contributed by atoms with Crippen LogP contribution in [0.3, 0.4) is 0 Å². The van der Waals surface area contributed by atoms with E-state index in [4.69, 9.17) is 26.8 Å². The molecule has 0 saturated carbocycles. The number of carbonyl (C=O) groups is 2. The Morgan fingerprint density at radius 3 is 2.72 bits per heavy atom. The molecule has 0 aliphatic carbocycles. The van der Waals surface area contributed by atoms with E-state index < -0.39 is 18.4 Å². The summed E-state index contributed by atoms with van der Waals surface area (Å²) in [4.78, 5) is 24.7. The van der Waals surface area contributed by atoms with E-state index in [2.05, 4.69) is 6.07 Å². The number of carboxylic acids is 1. The summed E-state index contributed by atoms with van der Waals surface area (Å²) >= 11 is 6.19. The number of carbonyl (C=O) groups excluding carboxylic acids is 1. The number of hydrogen-bond donors (Lipinski definition) is 1. The first-order valence-corrected chi connectivity index (χ1v) is 9.93. The number of benzene rings is 2. The molecule has 0 unspecified atom stereocenters. The first-order valence-electron chi connectivity index (χ1n) is 8.71. The first kappa shape index (κ1) is 20.9. The topological polar surface area (TPSA) is 76.1 Å². The van der Waals surface area contributed by atoms with Crippen LogP contribution in [-0.2, 0) is 16.2 Å². The number of nitrogens with zero attached hydrogens (tertiary/aromatic N) is 1. The van der Waals surface area contributed by atoms with Crippen molar-refractivity contribution in [3.63, 3.8) is 0 Å². The Kier molecular flexibility index (Phi) is 6.56. The molecule has 2 aromatic rings. The van der Waals surface area contributed by atoms with Gasteiger partial charge in [-0.2, -0.15) is 0 Å². The van der Waals surface area contributed by atoms with Gasteiger partial charge in [0.15, 0.2) is 11.5 Å². The molecule has 3 rings (SSSR count). The van der Waals surface area contributed by atoms with Crippen LogP contribution in [-0.4, -0.2) is 39.9 Å². The van der Waals surface area contributed by atoms with Gasteiger partial charge in [-0.1, -0.05) is 59.9 Å². The van der Waals surface area contributed by atoms with Gasteiger partial charge in [-0.3, -0.25) is 14.5 Å². The average molecular weight is 430 g/mol. The summed E-state index contributed by atoms with van der Waals surface area (Å²) in [6.45, 7) is 1.99. The maximum atomic E-state index is 12.4. The lowest BCUT2D eigenvalue weighted by Crippen LogP contribution is -2.33. The maximum Gasteiger partial charge on any atom is 0.323 e. The number of carboxylic acid groups (broad SMARTS) is 1. The van der Waals surface area contributed by atoms with E-state index in [0.29, 0.717) is 23.0 Å². The molecule has 0 aromatic heterocycles. The van der Waals surface area contributed by atoms with Gasteiger partial charge in [-0.15, -0.1) is 0 Å². The number of rotatable bonds is 7. The van der Waals surface area contributed by atoms with Crippen molar-refractivity contribution < 1.29 is 24.2 Å². The van der Waals surface area contributed by atoms with Gasteiger partial charge in [-0.25, -0.2) is 0 Å². The summed E-state index contributed by atoms with van der Waals surface area (Å²) in [5, 5.41) is 8.92. The highest BCUT2D eigenvalue weighted by atomic mass is 32.2. The molecular formula is C21H19NO5S2. The van der Waals surface area contributed by atoms with E-state index in [1.54, 1.807) is 31.4 Å². The molecule has 6 nitrogen and oxygen atoms in total. The van der Waals surface area contributed by atoms with Crippen LogP contribution in [0.25, 0.3) is 6.08 Å². The fourth-order valence-electron chi connectivity index (χ4n) is 2.78. The Labute approximate surface area is 178 Å². The summed E-state index contributed by atoms with van der Waals surface area (Å²) < 4.78 is 11.5. The normalized spacial score (nSPS) is 15.1. The Morgan fingerprint density at radius 1 is 1.24 bits per heavy atom. The van der Waals surface area contributed by atoms with Crippen LogP contribution in [0, 0.1) is 6.92 Å². The van der Waals surface area contributed by atoms with Gasteiger partial charge in [0, 0.05) is 0 Å². The molecule has 1 fully saturated rings. The van der Waals surface area contributed by atoms with Crippen LogP contribution in [0.15, 0.2) is 47.4 Å². The lowest BCUT2D eigenvalue weighted by molar-refractivity contribution is -0.140. The second kappa shape index (κ2) is 9.11. The minimum absolute atomic E-state index is 0.230. The van der Waals surface area contributed by atoms with Crippen LogP contribution >= 0.6 is 24.0 Å². The Bertz CT molecular complexity index is 1000. The lowest BCUT2D eigenvalue weighted by Gasteiger charge is -2.12. The highest BCUT2D eigenvalue weighted by Gasteiger charge is 2.33. The third kappa shape index (κ3) is 5.16. The van der Waals surface area contributed by atoms with Crippen molar-refractivity contribution in [1.82, 2.24) is 4.90 Å². The Balaban J connectivity index is 1.76. The minimum Gasteiger partial charge on any atom is -0.493 e. The van der Waals surface area contributed by atoms with Crippen molar-refractivity contribution in [1.29, 1.82) is 0 Å². The highest BCUT2D eigenvalue weighted by Crippen LogP contribution is 2.34. The lowest BCUT2D eigenvalue weighted by atomic mass is 10.1. The standard InChI is InChI=1S/C21H19NO5S2/c1-13-4-3-5-15(8-13)12-27-16-7-6-14(9-17(16)26-2)10-18-20(25)22(11-19(23)24)21(28)29-18/h3-10H,11-12H2,1-2H3,(H,23,24)/b18-10+. The average Bonchev–Trinajstić information content (AvgIpc) is 2.94. The summed E-state index contributed by atoms with van der Waals surface area (Å²) in [6.07, 6.45) is 1.66. The third-order valence-corrected chi connectivity index (χ3v) is 5.51. The number of aryl methyl sites for hydroxylation is 1. The predicted molar refractivity (Wildman–Crippen MR) is 116 cm³/mol. The van der Waals surface area contributed by atoms with E-state index in [9.17, 15) is 9.59 Å². The highest BCUT2D eigenvalue weighted by molar-refractivity contribution is 8.26. The van der Waals surface area contributed by atoms with Crippen molar-refractivity contribution in [3.8, 4) is 11.5 Å². The zero-order valence-corrected chi connectivity index (χ0v) is 17.5. The van der Waals surface area contributed by atoms with Gasteiger partial charge in [0.1, 0.15) is 17.5 Å². The quantitative estimate of drug-likeness (QED) is 0.529. The fourth-order valence-corrected chi connectivity index (χ4v) is 4.03. The number of thiocarbonyl (C=S) groups is 1. The number of ether oxygens (including phenoxy) is 2. The molecule has 0 spiro atoms. The van der Waals surface area contributed by atoms with Gasteiger partial charge >= 0.3 is 5.97 Å². The van der Waals surface area contributed by atoms with Gasteiger partial charge < -0.3 is 14.6 Å². The Hall–Kier alpha value is -2.84. The smallest absolute Gasteiger partial charge is 0.323 e. The van der Waals surface area contributed by atoms with Gasteiger partial charge in [0.25, 0.3) is 5.91 Å². The van der Waals surface area contributed by atoms with Gasteiger partial charge in [0.2, 0.25) is 0 Å². The first-order chi connectivity index (χ1) is 13.9. The molecule has 1 aliphatic rings. The molecule has 8 heteroatoms. The molecule has 0 atom stereocenters. The predicted octanol–water partition coefficient (Wildman–Crippen LogP) is 3.87. The van der Waals surface area contributed by atoms with Gasteiger partial charge in [-0.05, 0) is 36.3 Å². The monoisotopic (exact) mass is 429 g/mol. The zero-order chi connectivity index (χ0) is 21.0. The number of thioether (sulfide) groups is 1. The molecule has 1 heterocycles. The van der Waals surface area contributed by atoms with E-state index in [-0.39, 0.29) is 4.32 Å². The van der Waals surface area contributed by atoms with Gasteiger partial charge in [0.05, 0.1) is 12.0 Å². The maximum absolute atomic E-state index is 12.4. The molecule has 0 radical (unpaired) electrons. The molecule has 0 bridgehead atoms. The second-order valence-electron chi connectivity index (χ2n) is 6.35. The van der Waals surface area contributed by atoms with E-state index in [1.165, 1.54) is 0 Å². The van der Waals surface area contributed by atoms with Crippen LogP contribution in [0.2, 0.25) is 0 Å². The molecule has 2 aromatic carbocycles. The van der Waals surface area contributed by atoms with Crippen molar-refractivity contribution in [2.45, 2.75) is 13.5 Å². The zero-order valence-electron chi connectivity index (χ0n) is 15.9. The largest absolute Gasteiger partial charge is 0.493 e. The minimum atomic E-state index is -1.11. The molecule has 1 N–H and O–H groups in total. The van der Waals surface area contributed by atoms with Crippen molar-refractivity contribution >= 4 is 46.3 Å². The number of hydrogen-bond acceptors (Lipinski definition) is 6. The van der Waals surface area contributed by atoms with Crippen LogP contribution in [0.4, 0.5) is 0 Å². The molecule has 1 amide bonds. The van der Waals surface area contributed by atoms with Crippen LogP contribution in [0.1, 0.15) is 16.7 Å². The summed E-state index contributed by atoms with van der Waals surface area (Å²) in [6, 6.07) is 13.4. The number of aliphatic carboxylic acids is 1. The van der Waals surface area contributed by atoms with Crippen LogP contribution in [0.5, 0.6) is 11.5 Å². The van der Waals surface area contributed by atoms with Crippen molar-refractivity contribution in [2.24, 2.45) is 0 Å². The summed E-state index contributed by atoms with van der Waals surface area (Å²) in [7, 11) is 1.55. The van der Waals surface area contributed by atoms with E-state index in [0.717, 1.165) is 33.4 Å². The van der Waals surface area contributed by atoms with E-state index >= 15 is 0 Å². The SMILES string of the molecule is COc1cc(/C=C2/SC(=S)N(CC(=O)O)C2=O)ccc1OCc1cccc(C)c1. The number of amides is 1. The second-order valence-corrected chi connectivity index (χ2v) is 8.03. The van der Waals surface area contributed by atoms with E-state index in [1.807, 2.05) is 25.1 Å². The molecule has 1 aliphatic heterocycles. The molecule has 1 saturated heterocycles. The van der Waals surface area contributed by atoms with Crippen molar-refractivity contribution in [2.75, 3.05) is 13.7 Å². The summed E-state index contributed by atoms with van der Waals surface area (Å²) in [5.74, 6) is -0.405. The van der Waals surface area contributed by atoms with Crippen LogP contribution < -0.4 is 9.47 Å². The Morgan fingerprint density at radius 2 is 2.03 bits per heavy atom. The molecule has 29 heavy (non-hydrogen) atoms. The number of methoxy groups -OCH3 is 1. The fraction of sp³-hybridized carbons (Fsp3) is 0.190. The third-order valence-electron chi connectivity index (χ3n) is 4.13. The summed E-state index contributed by atoms with van der Waals surface area (Å²) in [5.41, 5.74) is 2.94. The molecule has 150 valence electrons. The van der Waals surface area contributed by atoms with Crippen molar-refractivity contribution in [3.05, 3.63) is 64.1 Å².